The highest BCUT2D eigenvalue weighted by atomic mass is 15.3. The summed E-state index contributed by atoms with van der Waals surface area (Å²) in [5.74, 6) is 1.57. The fourth-order valence-electron chi connectivity index (χ4n) is 1.51. The van der Waals surface area contributed by atoms with Crippen LogP contribution in [-0.2, 0) is 0 Å². The van der Waals surface area contributed by atoms with Gasteiger partial charge in [0.25, 0.3) is 0 Å². The van der Waals surface area contributed by atoms with Gasteiger partial charge in [0.05, 0.1) is 6.20 Å². The van der Waals surface area contributed by atoms with Crippen molar-refractivity contribution < 1.29 is 0 Å². The van der Waals surface area contributed by atoms with Crippen LogP contribution in [0.3, 0.4) is 0 Å². The minimum absolute atomic E-state index is 0.373. The zero-order chi connectivity index (χ0) is 8.72. The molecule has 3 heteroatoms. The molecule has 1 heterocycles. The second kappa shape index (κ2) is 2.51. The summed E-state index contributed by atoms with van der Waals surface area (Å²) in [4.78, 5) is 0. The minimum atomic E-state index is 0.373. The Morgan fingerprint density at radius 1 is 1.58 bits per heavy atom. The van der Waals surface area contributed by atoms with Crippen LogP contribution in [0, 0.1) is 0 Å². The molecule has 1 aliphatic rings. The summed E-state index contributed by atoms with van der Waals surface area (Å²) in [7, 11) is 0. The summed E-state index contributed by atoms with van der Waals surface area (Å²) in [5, 5.41) is 4.27. The molecule has 1 saturated carbocycles. The Labute approximate surface area is 72.6 Å². The van der Waals surface area contributed by atoms with E-state index in [9.17, 15) is 0 Å². The second-order valence-corrected chi connectivity index (χ2v) is 3.80. The Morgan fingerprint density at radius 3 is 2.67 bits per heavy atom. The molecule has 1 aromatic heterocycles. The molecule has 0 aromatic carbocycles. The number of rotatable bonds is 2. The van der Waals surface area contributed by atoms with Crippen LogP contribution < -0.4 is 5.73 Å². The first-order valence-electron chi connectivity index (χ1n) is 4.53. The van der Waals surface area contributed by atoms with Crippen LogP contribution in [0.15, 0.2) is 6.20 Å². The van der Waals surface area contributed by atoms with Crippen molar-refractivity contribution in [1.29, 1.82) is 0 Å². The number of hydrogen-bond acceptors (Lipinski definition) is 2. The van der Waals surface area contributed by atoms with Gasteiger partial charge in [-0.15, -0.1) is 0 Å². The van der Waals surface area contributed by atoms with Crippen LogP contribution in [0.2, 0.25) is 0 Å². The average Bonchev–Trinajstić information content (AvgIpc) is 2.75. The first-order valence-corrected chi connectivity index (χ1v) is 4.53. The molecule has 66 valence electrons. The molecule has 0 radical (unpaired) electrons. The molecular formula is C9H15N3. The van der Waals surface area contributed by atoms with Gasteiger partial charge < -0.3 is 5.73 Å². The molecule has 0 spiro atoms. The van der Waals surface area contributed by atoms with Gasteiger partial charge in [-0.25, -0.2) is 4.68 Å². The fourth-order valence-corrected chi connectivity index (χ4v) is 1.51. The highest BCUT2D eigenvalue weighted by Gasteiger charge is 2.28. The lowest BCUT2D eigenvalue weighted by Crippen LogP contribution is -2.07. The van der Waals surface area contributed by atoms with Crippen molar-refractivity contribution in [3.63, 3.8) is 0 Å². The van der Waals surface area contributed by atoms with Crippen molar-refractivity contribution in [3.8, 4) is 0 Å². The Morgan fingerprint density at radius 2 is 2.25 bits per heavy atom. The fraction of sp³-hybridized carbons (Fsp3) is 0.667. The lowest BCUT2D eigenvalue weighted by Gasteiger charge is -2.07. The Bertz CT molecular complexity index is 264. The molecule has 1 fully saturated rings. The zero-order valence-electron chi connectivity index (χ0n) is 7.62. The summed E-state index contributed by atoms with van der Waals surface area (Å²) in [6.45, 7) is 4.19. The topological polar surface area (TPSA) is 43.8 Å². The second-order valence-electron chi connectivity index (χ2n) is 3.80. The van der Waals surface area contributed by atoms with E-state index in [2.05, 4.69) is 18.9 Å². The maximum atomic E-state index is 5.95. The first-order chi connectivity index (χ1) is 5.70. The van der Waals surface area contributed by atoms with E-state index in [1.807, 2.05) is 10.9 Å². The van der Waals surface area contributed by atoms with Gasteiger partial charge in [-0.05, 0) is 32.6 Å². The van der Waals surface area contributed by atoms with E-state index >= 15 is 0 Å². The average molecular weight is 165 g/mol. The summed E-state index contributed by atoms with van der Waals surface area (Å²) < 4.78 is 1.90. The van der Waals surface area contributed by atoms with Gasteiger partial charge in [-0.1, -0.05) is 0 Å². The van der Waals surface area contributed by atoms with Crippen molar-refractivity contribution in [1.82, 2.24) is 9.78 Å². The van der Waals surface area contributed by atoms with Crippen molar-refractivity contribution >= 4 is 5.82 Å². The molecule has 2 rings (SSSR count). The van der Waals surface area contributed by atoms with Gasteiger partial charge in [0, 0.05) is 11.6 Å². The molecule has 0 unspecified atom stereocenters. The van der Waals surface area contributed by atoms with E-state index in [4.69, 9.17) is 5.73 Å². The summed E-state index contributed by atoms with van der Waals surface area (Å²) in [6, 6.07) is 0.373. The molecule has 3 nitrogen and oxygen atoms in total. The third-order valence-corrected chi connectivity index (χ3v) is 2.37. The van der Waals surface area contributed by atoms with E-state index in [1.54, 1.807) is 0 Å². The van der Waals surface area contributed by atoms with Gasteiger partial charge in [0.2, 0.25) is 0 Å². The zero-order valence-corrected chi connectivity index (χ0v) is 7.62. The number of aromatic nitrogens is 2. The van der Waals surface area contributed by atoms with Crippen LogP contribution in [0.5, 0.6) is 0 Å². The predicted molar refractivity (Wildman–Crippen MR) is 49.0 cm³/mol. The molecule has 1 aliphatic carbocycles. The number of nitrogen functional groups attached to an aromatic ring is 1. The smallest absolute Gasteiger partial charge is 0.125 e. The lowest BCUT2D eigenvalue weighted by atomic mass is 10.2. The van der Waals surface area contributed by atoms with E-state index in [1.165, 1.54) is 18.4 Å². The van der Waals surface area contributed by atoms with Crippen LogP contribution in [0.25, 0.3) is 0 Å². The first kappa shape index (κ1) is 7.65. The summed E-state index contributed by atoms with van der Waals surface area (Å²) >= 11 is 0. The molecule has 12 heavy (non-hydrogen) atoms. The third kappa shape index (κ3) is 1.09. The maximum absolute atomic E-state index is 5.95. The Hall–Kier alpha value is -0.990. The highest BCUT2D eigenvalue weighted by molar-refractivity contribution is 5.43. The predicted octanol–water partition coefficient (Wildman–Crippen LogP) is 1.92. The van der Waals surface area contributed by atoms with Gasteiger partial charge in [0.1, 0.15) is 5.82 Å². The van der Waals surface area contributed by atoms with Gasteiger partial charge in [-0.2, -0.15) is 5.10 Å². The molecule has 0 saturated heterocycles. The van der Waals surface area contributed by atoms with Crippen LogP contribution >= 0.6 is 0 Å². The molecule has 1 aromatic rings. The quantitative estimate of drug-likeness (QED) is 0.727. The van der Waals surface area contributed by atoms with Crippen molar-refractivity contribution in [2.75, 3.05) is 5.73 Å². The SMILES string of the molecule is CC(C)n1ncc(C2CC2)c1N. The van der Waals surface area contributed by atoms with Crippen molar-refractivity contribution in [3.05, 3.63) is 11.8 Å². The molecule has 2 N–H and O–H groups in total. The molecule has 0 atom stereocenters. The van der Waals surface area contributed by atoms with E-state index < -0.39 is 0 Å². The maximum Gasteiger partial charge on any atom is 0.125 e. The van der Waals surface area contributed by atoms with Crippen LogP contribution in [0.1, 0.15) is 44.2 Å². The molecule has 0 amide bonds. The van der Waals surface area contributed by atoms with Gasteiger partial charge in [-0.3, -0.25) is 0 Å². The van der Waals surface area contributed by atoms with Gasteiger partial charge in [0.15, 0.2) is 0 Å². The largest absolute Gasteiger partial charge is 0.384 e. The monoisotopic (exact) mass is 165 g/mol. The van der Waals surface area contributed by atoms with Crippen molar-refractivity contribution in [2.24, 2.45) is 0 Å². The van der Waals surface area contributed by atoms with E-state index in [0.717, 1.165) is 5.82 Å². The molecule has 0 aliphatic heterocycles. The Balaban J connectivity index is 2.33. The number of anilines is 1. The highest BCUT2D eigenvalue weighted by Crippen LogP contribution is 2.42. The van der Waals surface area contributed by atoms with E-state index in [0.29, 0.717) is 12.0 Å². The Kier molecular flexibility index (Phi) is 1.60. The normalized spacial score (nSPS) is 17.2. The summed E-state index contributed by atoms with van der Waals surface area (Å²) in [6.07, 6.45) is 4.50. The molecule has 0 bridgehead atoms. The number of nitrogens with zero attached hydrogens (tertiary/aromatic N) is 2. The summed E-state index contributed by atoms with van der Waals surface area (Å²) in [5.41, 5.74) is 7.20. The van der Waals surface area contributed by atoms with Gasteiger partial charge >= 0.3 is 0 Å². The third-order valence-electron chi connectivity index (χ3n) is 2.37. The van der Waals surface area contributed by atoms with Crippen molar-refractivity contribution in [2.45, 2.75) is 38.6 Å². The molecular weight excluding hydrogens is 150 g/mol. The van der Waals surface area contributed by atoms with E-state index in [-0.39, 0.29) is 0 Å². The lowest BCUT2D eigenvalue weighted by molar-refractivity contribution is 0.540. The minimum Gasteiger partial charge on any atom is -0.384 e. The van der Waals surface area contributed by atoms with Crippen LogP contribution in [-0.4, -0.2) is 9.78 Å². The standard InChI is InChI=1S/C9H15N3/c1-6(2)12-9(10)8(5-11-12)7-3-4-7/h5-7H,3-4,10H2,1-2H3. The number of hydrogen-bond donors (Lipinski definition) is 1. The van der Waals surface area contributed by atoms with Crippen LogP contribution in [0.4, 0.5) is 5.82 Å². The number of nitrogens with two attached hydrogens (primary N) is 1.